The molecule has 0 aromatic rings. The van der Waals surface area contributed by atoms with Gasteiger partial charge >= 0.3 is 0 Å². The zero-order valence-corrected chi connectivity index (χ0v) is 28.7. The molecule has 0 amide bonds. The Bertz CT molecular complexity index is 1370. The van der Waals surface area contributed by atoms with Gasteiger partial charge in [-0.2, -0.15) is 0 Å². The van der Waals surface area contributed by atoms with Crippen molar-refractivity contribution >= 4 is 11.6 Å². The molecule has 8 rings (SSSR count). The molecule has 5 heteroatoms. The molecule has 0 bridgehead atoms. The van der Waals surface area contributed by atoms with Crippen LogP contribution in [0.4, 0.5) is 0 Å². The van der Waals surface area contributed by atoms with E-state index in [9.17, 15) is 24.9 Å². The van der Waals surface area contributed by atoms with E-state index in [1.165, 1.54) is 29.6 Å². The molecule has 5 nitrogen and oxygen atoms in total. The maximum Gasteiger partial charge on any atom is 0.156 e. The number of rotatable bonds is 0. The number of Topliss-reactive ketones (excluding diaryl/α,β-unsaturated/α-hetero) is 1. The fraction of sp³-hybridized carbons (Fsp3) is 0.800. The summed E-state index contributed by atoms with van der Waals surface area (Å²) in [6.07, 6.45) is 18.1. The van der Waals surface area contributed by atoms with Crippen LogP contribution >= 0.6 is 0 Å². The van der Waals surface area contributed by atoms with Gasteiger partial charge in [0.2, 0.25) is 0 Å². The summed E-state index contributed by atoms with van der Waals surface area (Å²) < 4.78 is 0. The van der Waals surface area contributed by atoms with Crippen molar-refractivity contribution < 1.29 is 24.9 Å². The first-order chi connectivity index (χ1) is 21.0. The van der Waals surface area contributed by atoms with Crippen LogP contribution in [0.3, 0.4) is 0 Å². The molecule has 13 atom stereocenters. The van der Waals surface area contributed by atoms with Crippen molar-refractivity contribution in [2.24, 2.45) is 57.2 Å². The third-order valence-electron chi connectivity index (χ3n) is 15.6. The second-order valence-corrected chi connectivity index (χ2v) is 18.5. The van der Waals surface area contributed by atoms with Gasteiger partial charge in [0.25, 0.3) is 0 Å². The summed E-state index contributed by atoms with van der Waals surface area (Å²) in [5.41, 5.74) is 3.81. The van der Waals surface area contributed by atoms with E-state index in [2.05, 4.69) is 46.8 Å². The van der Waals surface area contributed by atoms with E-state index in [1.807, 2.05) is 13.0 Å². The van der Waals surface area contributed by atoms with Crippen molar-refractivity contribution in [2.45, 2.75) is 143 Å². The minimum Gasteiger partial charge on any atom is -0.393 e. The van der Waals surface area contributed by atoms with Crippen LogP contribution in [-0.4, -0.2) is 44.7 Å². The topological polar surface area (TPSA) is 94.8 Å². The summed E-state index contributed by atoms with van der Waals surface area (Å²) in [5, 5.41) is 31.7. The van der Waals surface area contributed by atoms with E-state index in [0.717, 1.165) is 64.2 Å². The largest absolute Gasteiger partial charge is 0.393 e. The molecule has 0 aliphatic heterocycles. The van der Waals surface area contributed by atoms with Gasteiger partial charge in [0, 0.05) is 19.3 Å². The Kier molecular flexibility index (Phi) is 7.45. The second kappa shape index (κ2) is 10.5. The van der Waals surface area contributed by atoms with Gasteiger partial charge in [-0.15, -0.1) is 0 Å². The zero-order chi connectivity index (χ0) is 32.3. The fourth-order valence-corrected chi connectivity index (χ4v) is 13.2. The molecule has 0 aromatic heterocycles. The van der Waals surface area contributed by atoms with Crippen LogP contribution in [0.2, 0.25) is 0 Å². The minimum atomic E-state index is -0.813. The van der Waals surface area contributed by atoms with E-state index in [1.54, 1.807) is 0 Å². The number of hydrogen-bond acceptors (Lipinski definition) is 5. The van der Waals surface area contributed by atoms with Gasteiger partial charge < -0.3 is 15.3 Å². The first kappa shape index (κ1) is 32.0. The molecule has 7 unspecified atom stereocenters. The molecule has 0 radical (unpaired) electrons. The molecule has 248 valence electrons. The third kappa shape index (κ3) is 4.87. The Morgan fingerprint density at radius 2 is 1.47 bits per heavy atom. The van der Waals surface area contributed by atoms with Crippen LogP contribution in [0.1, 0.15) is 125 Å². The first-order valence-corrected chi connectivity index (χ1v) is 18.2. The zero-order valence-electron chi connectivity index (χ0n) is 28.7. The summed E-state index contributed by atoms with van der Waals surface area (Å²) in [6.45, 7) is 13.6. The normalized spacial score (nSPS) is 53.2. The monoisotopic (exact) mass is 618 g/mol. The Morgan fingerprint density at radius 1 is 0.756 bits per heavy atom. The summed E-state index contributed by atoms with van der Waals surface area (Å²) >= 11 is 0. The maximum atomic E-state index is 12.1. The van der Waals surface area contributed by atoms with Crippen molar-refractivity contribution in [3.63, 3.8) is 0 Å². The highest BCUT2D eigenvalue weighted by molar-refractivity contribution is 5.92. The lowest BCUT2D eigenvalue weighted by Crippen LogP contribution is -2.58. The lowest BCUT2D eigenvalue weighted by Gasteiger charge is -2.61. The molecule has 8 aliphatic rings. The molecule has 0 spiro atoms. The number of allylic oxidation sites excluding steroid dienone is 4. The van der Waals surface area contributed by atoms with Gasteiger partial charge in [0.15, 0.2) is 5.78 Å². The molecule has 0 aromatic carbocycles. The molecular formula is C40H58O5. The number of aliphatic hydroxyl groups is 3. The molecule has 0 heterocycles. The van der Waals surface area contributed by atoms with E-state index >= 15 is 0 Å². The number of aliphatic hydroxyl groups excluding tert-OH is 2. The smallest absolute Gasteiger partial charge is 0.156 e. The first-order valence-electron chi connectivity index (χ1n) is 18.2. The quantitative estimate of drug-likeness (QED) is 0.248. The van der Waals surface area contributed by atoms with Crippen LogP contribution in [0, 0.1) is 57.2 Å². The number of carbonyl (C=O) groups is 2. The van der Waals surface area contributed by atoms with Crippen LogP contribution in [0.15, 0.2) is 34.9 Å². The molecule has 5 fully saturated rings. The summed E-state index contributed by atoms with van der Waals surface area (Å²) in [6, 6.07) is 0. The summed E-state index contributed by atoms with van der Waals surface area (Å²) in [5.74, 6) is 3.55. The highest BCUT2D eigenvalue weighted by Crippen LogP contribution is 2.67. The van der Waals surface area contributed by atoms with E-state index in [0.29, 0.717) is 41.8 Å². The highest BCUT2D eigenvalue weighted by Gasteiger charge is 2.62. The lowest BCUT2D eigenvalue weighted by atomic mass is 9.45. The van der Waals surface area contributed by atoms with E-state index < -0.39 is 5.60 Å². The van der Waals surface area contributed by atoms with Gasteiger partial charge in [-0.1, -0.05) is 51.0 Å². The molecular weight excluding hydrogens is 560 g/mol. The number of carbonyl (C=O) groups excluding carboxylic acids is 2. The SMILES string of the molecule is CC1(O)C=C2C[C@@H](O)CC[C@]2(C)C2CC[C@]3(C)C[C@H](O)CC3C21.CC1=CC2=CC(=O)CC[C@]2(C)C2CC[C@]3(C)CC(=O)CC3C12. The standard InChI is InChI=1S/C20H32O3.C20H26O2/c1-18-6-5-15-17(16(18)9-14(22)11-18)20(3,23)10-12-8-13(21)4-7-19(12,15)2;1-12-8-13-9-14(21)4-7-20(13,3)16-5-6-19(2)11-15(22)10-17(19)18(12)16/h10,13-17,21-23H,4-9,11H2,1-3H3;8-9,16-18H,4-7,10-11H2,1-3H3/t13-,14+,15?,16?,17?,18+,19-,20?;16?,17?,18?,19-,20+/m01/s1. The van der Waals surface area contributed by atoms with E-state index in [-0.39, 0.29) is 45.6 Å². The van der Waals surface area contributed by atoms with Crippen LogP contribution < -0.4 is 0 Å². The van der Waals surface area contributed by atoms with Gasteiger partial charge in [-0.3, -0.25) is 9.59 Å². The predicted molar refractivity (Wildman–Crippen MR) is 176 cm³/mol. The number of ketones is 2. The minimum absolute atomic E-state index is 0.126. The fourth-order valence-electron chi connectivity index (χ4n) is 13.2. The second-order valence-electron chi connectivity index (χ2n) is 18.5. The van der Waals surface area contributed by atoms with Gasteiger partial charge in [-0.05, 0) is 147 Å². The Morgan fingerprint density at radius 3 is 2.22 bits per heavy atom. The van der Waals surface area contributed by atoms with Crippen molar-refractivity contribution in [1.82, 2.24) is 0 Å². The van der Waals surface area contributed by atoms with Crippen LogP contribution in [-0.2, 0) is 9.59 Å². The van der Waals surface area contributed by atoms with E-state index in [4.69, 9.17) is 0 Å². The van der Waals surface area contributed by atoms with Crippen molar-refractivity contribution in [3.05, 3.63) is 34.9 Å². The Labute approximate surface area is 271 Å². The van der Waals surface area contributed by atoms with Crippen molar-refractivity contribution in [2.75, 3.05) is 0 Å². The molecule has 5 saturated carbocycles. The van der Waals surface area contributed by atoms with Crippen LogP contribution in [0.25, 0.3) is 0 Å². The number of fused-ring (bicyclic) bond motifs is 10. The number of hydrogen-bond donors (Lipinski definition) is 3. The lowest BCUT2D eigenvalue weighted by molar-refractivity contribution is -0.123. The predicted octanol–water partition coefficient (Wildman–Crippen LogP) is 7.29. The van der Waals surface area contributed by atoms with Gasteiger partial charge in [0.05, 0.1) is 17.8 Å². The Balaban J connectivity index is 0.000000145. The molecule has 45 heavy (non-hydrogen) atoms. The summed E-state index contributed by atoms with van der Waals surface area (Å²) in [7, 11) is 0. The van der Waals surface area contributed by atoms with Gasteiger partial charge in [-0.25, -0.2) is 0 Å². The third-order valence-corrected chi connectivity index (χ3v) is 15.6. The summed E-state index contributed by atoms with van der Waals surface area (Å²) in [4.78, 5) is 24.0. The Hall–Kier alpha value is -1.56. The average molecular weight is 619 g/mol. The molecule has 0 saturated heterocycles. The molecule has 3 N–H and O–H groups in total. The average Bonchev–Trinajstić information content (AvgIpc) is 3.43. The van der Waals surface area contributed by atoms with Crippen molar-refractivity contribution in [1.29, 1.82) is 0 Å². The van der Waals surface area contributed by atoms with Gasteiger partial charge in [0.1, 0.15) is 5.78 Å². The molecule has 8 aliphatic carbocycles. The van der Waals surface area contributed by atoms with Crippen molar-refractivity contribution in [3.8, 4) is 0 Å². The van der Waals surface area contributed by atoms with Crippen LogP contribution in [0.5, 0.6) is 0 Å². The maximum absolute atomic E-state index is 12.1. The highest BCUT2D eigenvalue weighted by atomic mass is 16.3.